The van der Waals surface area contributed by atoms with Crippen LogP contribution >= 0.6 is 0 Å². The van der Waals surface area contributed by atoms with Crippen LogP contribution in [0, 0.1) is 5.82 Å². The molecule has 0 aliphatic carbocycles. The number of benzene rings is 1. The smallest absolute Gasteiger partial charge is 0.481 e. The van der Waals surface area contributed by atoms with Crippen LogP contribution in [0.5, 0.6) is 5.88 Å². The number of rotatable bonds is 9. The number of ether oxygens (including phenoxy) is 1. The summed E-state index contributed by atoms with van der Waals surface area (Å²) in [5.74, 6) is -3.12. The van der Waals surface area contributed by atoms with Gasteiger partial charge >= 0.3 is 18.1 Å². The van der Waals surface area contributed by atoms with E-state index in [4.69, 9.17) is 19.6 Å². The topological polar surface area (TPSA) is 127 Å². The van der Waals surface area contributed by atoms with Gasteiger partial charge in [-0.1, -0.05) is 39.0 Å². The average Bonchev–Trinajstić information content (AvgIpc) is 3.25. The first kappa shape index (κ1) is 33.3. The number of hydrogen-bond acceptors (Lipinski definition) is 6. The van der Waals surface area contributed by atoms with E-state index in [0.29, 0.717) is 36.6 Å². The third-order valence-corrected chi connectivity index (χ3v) is 6.87. The molecule has 0 fully saturated rings. The van der Waals surface area contributed by atoms with Crippen LogP contribution in [0.2, 0.25) is 0 Å². The Hall–Kier alpha value is -4.16. The number of carbonyl (C=O) groups is 2. The molecule has 1 aliphatic heterocycles. The third kappa shape index (κ3) is 9.69. The highest BCUT2D eigenvalue weighted by atomic mass is 19.4. The molecule has 0 amide bonds. The Balaban J connectivity index is 0.000000646. The highest BCUT2D eigenvalue weighted by Crippen LogP contribution is 2.32. The van der Waals surface area contributed by atoms with Gasteiger partial charge in [-0.3, -0.25) is 4.79 Å². The summed E-state index contributed by atoms with van der Waals surface area (Å²) < 4.78 is 54.2. The number of nitrogens with one attached hydrogen (secondary N) is 1. The number of aryl methyl sites for hydroxylation is 2. The van der Waals surface area contributed by atoms with E-state index >= 15 is 0 Å². The van der Waals surface area contributed by atoms with Gasteiger partial charge in [0, 0.05) is 37.7 Å². The van der Waals surface area contributed by atoms with E-state index in [1.165, 1.54) is 11.6 Å². The molecular weight excluding hydrogens is 572 g/mol. The van der Waals surface area contributed by atoms with Crippen LogP contribution in [-0.2, 0) is 41.3 Å². The quantitative estimate of drug-likeness (QED) is 0.266. The van der Waals surface area contributed by atoms with Gasteiger partial charge in [0.15, 0.2) is 0 Å². The first-order valence-electron chi connectivity index (χ1n) is 13.7. The molecule has 0 spiro atoms. The number of pyridine rings is 1. The van der Waals surface area contributed by atoms with Gasteiger partial charge in [0.25, 0.3) is 0 Å². The van der Waals surface area contributed by atoms with Crippen LogP contribution in [0.4, 0.5) is 23.4 Å². The fourth-order valence-corrected chi connectivity index (χ4v) is 4.59. The van der Waals surface area contributed by atoms with E-state index in [1.807, 2.05) is 12.1 Å². The van der Waals surface area contributed by atoms with Gasteiger partial charge in [0.05, 0.1) is 18.7 Å². The number of carboxylic acids is 2. The number of fused-ring (bicyclic) bond motifs is 1. The molecule has 0 saturated heterocycles. The van der Waals surface area contributed by atoms with Gasteiger partial charge in [-0.15, -0.1) is 0 Å². The number of alkyl halides is 3. The number of hydrogen-bond donors (Lipinski definition) is 3. The van der Waals surface area contributed by atoms with Gasteiger partial charge in [-0.2, -0.15) is 18.3 Å². The van der Waals surface area contributed by atoms with Gasteiger partial charge in [-0.25, -0.2) is 18.9 Å². The van der Waals surface area contributed by atoms with E-state index in [2.05, 4.69) is 37.3 Å². The number of halogens is 4. The number of carboxylic acid groups (broad SMARTS) is 2. The van der Waals surface area contributed by atoms with Crippen LogP contribution in [0.25, 0.3) is 0 Å². The van der Waals surface area contributed by atoms with Crippen molar-refractivity contribution in [2.24, 2.45) is 7.05 Å². The van der Waals surface area contributed by atoms with Crippen molar-refractivity contribution in [3.05, 3.63) is 70.3 Å². The Morgan fingerprint density at radius 1 is 1.09 bits per heavy atom. The molecule has 1 aliphatic rings. The molecule has 13 heteroatoms. The third-order valence-electron chi connectivity index (χ3n) is 6.87. The average molecular weight is 609 g/mol. The lowest BCUT2D eigenvalue weighted by Crippen LogP contribution is -2.21. The van der Waals surface area contributed by atoms with Crippen molar-refractivity contribution in [3.63, 3.8) is 0 Å². The molecule has 0 saturated carbocycles. The maximum atomic E-state index is 14.8. The molecule has 1 unspecified atom stereocenters. The first-order chi connectivity index (χ1) is 20.0. The summed E-state index contributed by atoms with van der Waals surface area (Å²) in [7, 11) is 1.78. The van der Waals surface area contributed by atoms with Gasteiger partial charge in [0.1, 0.15) is 11.6 Å². The number of anilines is 1. The molecule has 3 heterocycles. The molecule has 0 bridgehead atoms. The fourth-order valence-electron chi connectivity index (χ4n) is 4.59. The highest BCUT2D eigenvalue weighted by molar-refractivity contribution is 5.73. The molecule has 4 rings (SSSR count). The Morgan fingerprint density at radius 2 is 1.79 bits per heavy atom. The lowest BCUT2D eigenvalue weighted by molar-refractivity contribution is -0.192. The van der Waals surface area contributed by atoms with Crippen molar-refractivity contribution in [3.8, 4) is 5.88 Å². The lowest BCUT2D eigenvalue weighted by atomic mass is 9.82. The van der Waals surface area contributed by atoms with Gasteiger partial charge in [-0.05, 0) is 53.5 Å². The van der Waals surface area contributed by atoms with Crippen molar-refractivity contribution in [1.29, 1.82) is 0 Å². The first-order valence-corrected chi connectivity index (χ1v) is 13.7. The molecule has 3 aromatic rings. The molecule has 9 nitrogen and oxygen atoms in total. The van der Waals surface area contributed by atoms with Crippen LogP contribution in [0.15, 0.2) is 36.4 Å². The summed E-state index contributed by atoms with van der Waals surface area (Å²) in [6, 6.07) is 11.0. The molecule has 3 N–H and O–H groups in total. The molecular formula is C30H36F4N4O5. The maximum absolute atomic E-state index is 14.8. The second-order valence-electron chi connectivity index (χ2n) is 11.3. The summed E-state index contributed by atoms with van der Waals surface area (Å²) >= 11 is 0. The molecule has 2 aromatic heterocycles. The lowest BCUT2D eigenvalue weighted by Gasteiger charge is -2.22. The van der Waals surface area contributed by atoms with Crippen molar-refractivity contribution >= 4 is 17.8 Å². The summed E-state index contributed by atoms with van der Waals surface area (Å²) in [6.45, 7) is 7.54. The Labute approximate surface area is 246 Å². The molecule has 43 heavy (non-hydrogen) atoms. The number of nitrogens with zero attached hydrogens (tertiary/aromatic N) is 3. The van der Waals surface area contributed by atoms with Crippen molar-refractivity contribution in [1.82, 2.24) is 14.8 Å². The predicted octanol–water partition coefficient (Wildman–Crippen LogP) is 5.67. The summed E-state index contributed by atoms with van der Waals surface area (Å²) in [4.78, 5) is 25.2. The van der Waals surface area contributed by atoms with Crippen LogP contribution in [0.1, 0.15) is 67.6 Å². The molecule has 1 aromatic carbocycles. The number of aliphatic carboxylic acids is 2. The van der Waals surface area contributed by atoms with Gasteiger partial charge in [0.2, 0.25) is 5.88 Å². The second kappa shape index (κ2) is 13.9. The van der Waals surface area contributed by atoms with E-state index < -0.39 is 29.9 Å². The van der Waals surface area contributed by atoms with E-state index in [9.17, 15) is 27.5 Å². The zero-order chi connectivity index (χ0) is 31.9. The van der Waals surface area contributed by atoms with E-state index in [1.54, 1.807) is 23.9 Å². The number of aromatic nitrogens is 3. The highest BCUT2D eigenvalue weighted by Gasteiger charge is 2.38. The monoisotopic (exact) mass is 608 g/mol. The second-order valence-corrected chi connectivity index (χ2v) is 11.3. The Bertz CT molecular complexity index is 1430. The van der Waals surface area contributed by atoms with Crippen LogP contribution in [-0.4, -0.2) is 56.2 Å². The predicted molar refractivity (Wildman–Crippen MR) is 151 cm³/mol. The minimum absolute atomic E-state index is 0.175. The Kier molecular flexibility index (Phi) is 10.8. The molecule has 0 radical (unpaired) electrons. The summed E-state index contributed by atoms with van der Waals surface area (Å²) in [5, 5.41) is 24.5. The summed E-state index contributed by atoms with van der Waals surface area (Å²) in [5.41, 5.74) is 4.07. The minimum Gasteiger partial charge on any atom is -0.481 e. The fraction of sp³-hybridized carbons (Fsp3) is 0.467. The van der Waals surface area contributed by atoms with E-state index in [0.717, 1.165) is 36.5 Å². The maximum Gasteiger partial charge on any atom is 0.490 e. The summed E-state index contributed by atoms with van der Waals surface area (Å²) in [6.07, 6.45) is -2.14. The normalized spacial score (nSPS) is 13.7. The molecule has 234 valence electrons. The van der Waals surface area contributed by atoms with Crippen LogP contribution < -0.4 is 10.1 Å². The minimum atomic E-state index is -5.08. The SMILES string of the molecule is Cn1nc(CC(CC(=O)O)c2cc(C(C)(C)C)ccc2F)cc1OCCc1ccc2c(n1)NCCC2.O=C(O)C(F)(F)F. The van der Waals surface area contributed by atoms with E-state index in [-0.39, 0.29) is 11.8 Å². The Morgan fingerprint density at radius 3 is 2.42 bits per heavy atom. The van der Waals surface area contributed by atoms with Crippen molar-refractivity contribution in [2.75, 3.05) is 18.5 Å². The van der Waals surface area contributed by atoms with Gasteiger partial charge < -0.3 is 20.3 Å². The van der Waals surface area contributed by atoms with Crippen molar-refractivity contribution < 1.29 is 42.1 Å². The largest absolute Gasteiger partial charge is 0.490 e. The van der Waals surface area contributed by atoms with Crippen molar-refractivity contribution in [2.45, 2.75) is 70.4 Å². The zero-order valence-corrected chi connectivity index (χ0v) is 24.5. The standard InChI is InChI=1S/C28H35FN4O3.C2HF3O2/c1-28(2,3)20-8-10-24(29)23(16-20)19(15-26(34)35)14-22-17-25(33(4)32-22)36-13-11-21-9-7-18-6-5-12-30-27(18)31-21;3-2(4,5)1(6)7/h7-10,16-17,19H,5-6,11-15H2,1-4H3,(H,30,31)(H,34,35);(H,6,7). The zero-order valence-electron chi connectivity index (χ0n) is 24.5. The van der Waals surface area contributed by atoms with Crippen LogP contribution in [0.3, 0.4) is 0 Å². The molecule has 1 atom stereocenters.